The van der Waals surface area contributed by atoms with Crippen molar-refractivity contribution in [3.8, 4) is 11.5 Å². The van der Waals surface area contributed by atoms with E-state index in [-0.39, 0.29) is 5.91 Å². The molecule has 1 amide bonds. The first kappa shape index (κ1) is 19.2. The summed E-state index contributed by atoms with van der Waals surface area (Å²) in [5, 5.41) is 6.15. The van der Waals surface area contributed by atoms with E-state index in [1.54, 1.807) is 26.5 Å². The molecule has 0 aliphatic heterocycles. The van der Waals surface area contributed by atoms with Gasteiger partial charge in [0.25, 0.3) is 5.91 Å². The normalized spacial score (nSPS) is 10.2. The van der Waals surface area contributed by atoms with Crippen LogP contribution in [-0.4, -0.2) is 25.1 Å². The highest BCUT2D eigenvalue weighted by atomic mass is 16.5. The van der Waals surface area contributed by atoms with E-state index < -0.39 is 0 Å². The number of hydrogen-bond donors (Lipinski definition) is 2. The molecule has 3 rings (SSSR count). The van der Waals surface area contributed by atoms with Crippen LogP contribution in [0.2, 0.25) is 0 Å². The molecule has 144 valence electrons. The van der Waals surface area contributed by atoms with Gasteiger partial charge in [-0.2, -0.15) is 0 Å². The number of benzene rings is 2. The highest BCUT2D eigenvalue weighted by Crippen LogP contribution is 2.27. The maximum atomic E-state index is 12.3. The third kappa shape index (κ3) is 5.01. The second-order valence-corrected chi connectivity index (χ2v) is 6.14. The van der Waals surface area contributed by atoms with Crippen molar-refractivity contribution < 1.29 is 14.3 Å². The zero-order chi connectivity index (χ0) is 19.8. The lowest BCUT2D eigenvalue weighted by molar-refractivity contribution is 0.0946. The van der Waals surface area contributed by atoms with Crippen molar-refractivity contribution in [3.63, 3.8) is 0 Å². The molecule has 0 unspecified atom stereocenters. The van der Waals surface area contributed by atoms with Gasteiger partial charge in [-0.25, -0.2) is 4.98 Å². The molecule has 0 aliphatic carbocycles. The summed E-state index contributed by atoms with van der Waals surface area (Å²) < 4.78 is 10.5. The topological polar surface area (TPSA) is 72.5 Å². The molecule has 0 radical (unpaired) electrons. The van der Waals surface area contributed by atoms with Crippen LogP contribution in [0, 0.1) is 0 Å². The van der Waals surface area contributed by atoms with Crippen LogP contribution in [-0.2, 0) is 13.1 Å². The van der Waals surface area contributed by atoms with Crippen LogP contribution in [0.25, 0.3) is 0 Å². The lowest BCUT2D eigenvalue weighted by Crippen LogP contribution is -2.23. The van der Waals surface area contributed by atoms with Crippen LogP contribution in [0.1, 0.15) is 21.6 Å². The van der Waals surface area contributed by atoms with E-state index in [1.165, 1.54) is 5.56 Å². The Hall–Kier alpha value is -3.54. The molecule has 0 bridgehead atoms. The summed E-state index contributed by atoms with van der Waals surface area (Å²) in [5.41, 5.74) is 3.32. The maximum absolute atomic E-state index is 12.3. The SMILES string of the molecule is COc1ccc(CNC(=O)c2ccc(NCc3ccccc3)cn2)cc1OC. The van der Waals surface area contributed by atoms with Crippen molar-refractivity contribution in [2.45, 2.75) is 13.1 Å². The molecular weight excluding hydrogens is 354 g/mol. The van der Waals surface area contributed by atoms with Gasteiger partial charge >= 0.3 is 0 Å². The Morgan fingerprint density at radius 2 is 1.68 bits per heavy atom. The number of nitrogens with zero attached hydrogens (tertiary/aromatic N) is 1. The van der Waals surface area contributed by atoms with Gasteiger partial charge in [-0.1, -0.05) is 36.4 Å². The molecule has 28 heavy (non-hydrogen) atoms. The number of pyridine rings is 1. The number of methoxy groups -OCH3 is 2. The molecular formula is C22H23N3O3. The summed E-state index contributed by atoms with van der Waals surface area (Å²) in [5.74, 6) is 1.04. The molecule has 0 aliphatic rings. The summed E-state index contributed by atoms with van der Waals surface area (Å²) >= 11 is 0. The predicted molar refractivity (Wildman–Crippen MR) is 109 cm³/mol. The Bertz CT molecular complexity index is 912. The van der Waals surface area contributed by atoms with Crippen LogP contribution < -0.4 is 20.1 Å². The van der Waals surface area contributed by atoms with E-state index in [1.807, 2.05) is 42.5 Å². The van der Waals surface area contributed by atoms with Gasteiger partial charge in [0.1, 0.15) is 5.69 Å². The van der Waals surface area contributed by atoms with Gasteiger partial charge in [0.15, 0.2) is 11.5 Å². The summed E-state index contributed by atoms with van der Waals surface area (Å²) in [7, 11) is 3.17. The molecule has 0 spiro atoms. The standard InChI is InChI=1S/C22H23N3O3/c1-27-20-11-8-17(12-21(20)28-2)14-25-22(26)19-10-9-18(15-24-19)23-13-16-6-4-3-5-7-16/h3-12,15,23H,13-14H2,1-2H3,(H,25,26). The molecule has 2 aromatic carbocycles. The lowest BCUT2D eigenvalue weighted by Gasteiger charge is -2.10. The van der Waals surface area contributed by atoms with Crippen LogP contribution in [0.3, 0.4) is 0 Å². The predicted octanol–water partition coefficient (Wildman–Crippen LogP) is 3.64. The number of nitrogens with one attached hydrogen (secondary N) is 2. The van der Waals surface area contributed by atoms with E-state index in [4.69, 9.17) is 9.47 Å². The molecule has 0 atom stereocenters. The van der Waals surface area contributed by atoms with E-state index in [0.29, 0.717) is 30.3 Å². The third-order valence-corrected chi connectivity index (χ3v) is 4.24. The number of aromatic nitrogens is 1. The van der Waals surface area contributed by atoms with Gasteiger partial charge in [-0.3, -0.25) is 4.79 Å². The fraction of sp³-hybridized carbons (Fsp3) is 0.182. The fourth-order valence-electron chi connectivity index (χ4n) is 2.70. The largest absolute Gasteiger partial charge is 0.493 e. The zero-order valence-corrected chi connectivity index (χ0v) is 15.9. The first-order valence-electron chi connectivity index (χ1n) is 8.92. The van der Waals surface area contributed by atoms with E-state index in [9.17, 15) is 4.79 Å². The first-order chi connectivity index (χ1) is 13.7. The van der Waals surface area contributed by atoms with Gasteiger partial charge in [0.05, 0.1) is 26.1 Å². The van der Waals surface area contributed by atoms with Crippen molar-refractivity contribution >= 4 is 11.6 Å². The third-order valence-electron chi connectivity index (χ3n) is 4.24. The smallest absolute Gasteiger partial charge is 0.270 e. The molecule has 0 saturated heterocycles. The minimum absolute atomic E-state index is 0.232. The molecule has 0 saturated carbocycles. The van der Waals surface area contributed by atoms with Crippen molar-refractivity contribution in [2.75, 3.05) is 19.5 Å². The van der Waals surface area contributed by atoms with Crippen molar-refractivity contribution in [2.24, 2.45) is 0 Å². The maximum Gasteiger partial charge on any atom is 0.270 e. The summed E-state index contributed by atoms with van der Waals surface area (Å²) in [6.45, 7) is 1.07. The molecule has 1 heterocycles. The average molecular weight is 377 g/mol. The van der Waals surface area contributed by atoms with Gasteiger partial charge in [0, 0.05) is 13.1 Å². The van der Waals surface area contributed by atoms with Gasteiger partial charge in [-0.05, 0) is 35.4 Å². The Kier molecular flexibility index (Phi) is 6.46. The van der Waals surface area contributed by atoms with E-state index in [0.717, 1.165) is 11.3 Å². The highest BCUT2D eigenvalue weighted by Gasteiger charge is 2.09. The average Bonchev–Trinajstić information content (AvgIpc) is 2.76. The monoisotopic (exact) mass is 377 g/mol. The lowest BCUT2D eigenvalue weighted by atomic mass is 10.2. The molecule has 2 N–H and O–H groups in total. The number of carbonyl (C=O) groups excluding carboxylic acids is 1. The molecule has 3 aromatic rings. The Morgan fingerprint density at radius 3 is 2.36 bits per heavy atom. The summed E-state index contributed by atoms with van der Waals surface area (Å²) in [6, 6.07) is 19.2. The quantitative estimate of drug-likeness (QED) is 0.627. The number of amides is 1. The Balaban J connectivity index is 1.54. The fourth-order valence-corrected chi connectivity index (χ4v) is 2.70. The van der Waals surface area contributed by atoms with E-state index >= 15 is 0 Å². The van der Waals surface area contributed by atoms with Gasteiger partial charge < -0.3 is 20.1 Å². The van der Waals surface area contributed by atoms with Crippen molar-refractivity contribution in [1.82, 2.24) is 10.3 Å². The molecule has 0 fully saturated rings. The van der Waals surface area contributed by atoms with Crippen LogP contribution in [0.5, 0.6) is 11.5 Å². The molecule has 6 nitrogen and oxygen atoms in total. The molecule has 6 heteroatoms. The minimum Gasteiger partial charge on any atom is -0.493 e. The van der Waals surface area contributed by atoms with Gasteiger partial charge in [-0.15, -0.1) is 0 Å². The number of hydrogen-bond acceptors (Lipinski definition) is 5. The summed E-state index contributed by atoms with van der Waals surface area (Å²) in [6.07, 6.45) is 1.66. The summed E-state index contributed by atoms with van der Waals surface area (Å²) in [4.78, 5) is 16.6. The van der Waals surface area contributed by atoms with Crippen molar-refractivity contribution in [1.29, 1.82) is 0 Å². The van der Waals surface area contributed by atoms with Crippen LogP contribution >= 0.6 is 0 Å². The first-order valence-corrected chi connectivity index (χ1v) is 8.92. The second kappa shape index (κ2) is 9.41. The minimum atomic E-state index is -0.232. The number of ether oxygens (including phenoxy) is 2. The highest BCUT2D eigenvalue weighted by molar-refractivity contribution is 5.92. The van der Waals surface area contributed by atoms with Crippen LogP contribution in [0.15, 0.2) is 66.9 Å². The Labute approximate surface area is 164 Å². The number of rotatable bonds is 8. The van der Waals surface area contributed by atoms with Crippen molar-refractivity contribution in [3.05, 3.63) is 83.7 Å². The zero-order valence-electron chi connectivity index (χ0n) is 15.9. The van der Waals surface area contributed by atoms with Crippen LogP contribution in [0.4, 0.5) is 5.69 Å². The second-order valence-electron chi connectivity index (χ2n) is 6.14. The van der Waals surface area contributed by atoms with E-state index in [2.05, 4.69) is 27.8 Å². The molecule has 1 aromatic heterocycles. The van der Waals surface area contributed by atoms with Gasteiger partial charge in [0.2, 0.25) is 0 Å². The number of carbonyl (C=O) groups is 1. The Morgan fingerprint density at radius 1 is 0.893 bits per heavy atom. The number of anilines is 1.